The monoisotopic (exact) mass is 279 g/mol. The molecular formula is C15H21NO4. The van der Waals surface area contributed by atoms with Crippen molar-refractivity contribution < 1.29 is 19.1 Å². The van der Waals surface area contributed by atoms with E-state index in [0.717, 1.165) is 5.56 Å². The van der Waals surface area contributed by atoms with Gasteiger partial charge in [0.05, 0.1) is 26.2 Å². The summed E-state index contributed by atoms with van der Waals surface area (Å²) in [5.74, 6) is 0.0709. The molecule has 0 heterocycles. The van der Waals surface area contributed by atoms with E-state index in [9.17, 15) is 9.59 Å². The van der Waals surface area contributed by atoms with Crippen LogP contribution in [0.2, 0.25) is 0 Å². The van der Waals surface area contributed by atoms with E-state index < -0.39 is 0 Å². The van der Waals surface area contributed by atoms with Crippen LogP contribution in [0.5, 0.6) is 5.75 Å². The molecule has 0 aromatic heterocycles. The summed E-state index contributed by atoms with van der Waals surface area (Å²) < 4.78 is 9.82. The Morgan fingerprint density at radius 1 is 1.25 bits per heavy atom. The first-order chi connectivity index (χ1) is 9.53. The van der Waals surface area contributed by atoms with Gasteiger partial charge in [-0.05, 0) is 26.0 Å². The first kappa shape index (κ1) is 16.0. The lowest BCUT2D eigenvalue weighted by atomic mass is 10.1. The number of nitrogens with zero attached hydrogens (tertiary/aromatic N) is 1. The number of ether oxygens (including phenoxy) is 2. The molecular weight excluding hydrogens is 258 g/mol. The molecule has 5 nitrogen and oxygen atoms in total. The van der Waals surface area contributed by atoms with Crippen LogP contribution in [0.3, 0.4) is 0 Å². The average Bonchev–Trinajstić information content (AvgIpc) is 2.47. The summed E-state index contributed by atoms with van der Waals surface area (Å²) in [6.07, 6.45) is 0.185. The summed E-state index contributed by atoms with van der Waals surface area (Å²) in [4.78, 5) is 25.3. The third-order valence-corrected chi connectivity index (χ3v) is 3.07. The number of methoxy groups -OCH3 is 2. The molecule has 5 heteroatoms. The van der Waals surface area contributed by atoms with E-state index in [1.54, 1.807) is 17.0 Å². The maximum atomic E-state index is 12.5. The first-order valence-electron chi connectivity index (χ1n) is 6.54. The van der Waals surface area contributed by atoms with Crippen molar-refractivity contribution in [1.29, 1.82) is 0 Å². The summed E-state index contributed by atoms with van der Waals surface area (Å²) in [6, 6.07) is 5.46. The zero-order valence-electron chi connectivity index (χ0n) is 12.4. The molecule has 20 heavy (non-hydrogen) atoms. The van der Waals surface area contributed by atoms with Crippen molar-refractivity contribution in [3.63, 3.8) is 0 Å². The van der Waals surface area contributed by atoms with Gasteiger partial charge in [0, 0.05) is 13.1 Å². The Balaban J connectivity index is 2.90. The Bertz CT molecular complexity index is 485. The van der Waals surface area contributed by atoms with Crippen molar-refractivity contribution in [2.24, 2.45) is 0 Å². The van der Waals surface area contributed by atoms with Gasteiger partial charge in [0.25, 0.3) is 5.91 Å². The molecule has 0 radical (unpaired) electrons. The Morgan fingerprint density at radius 3 is 2.50 bits per heavy atom. The van der Waals surface area contributed by atoms with E-state index in [0.29, 0.717) is 24.4 Å². The lowest BCUT2D eigenvalue weighted by Crippen LogP contribution is -2.33. The maximum Gasteiger partial charge on any atom is 0.307 e. The largest absolute Gasteiger partial charge is 0.496 e. The van der Waals surface area contributed by atoms with Crippen LogP contribution in [0.1, 0.15) is 29.3 Å². The second-order valence-corrected chi connectivity index (χ2v) is 4.41. The van der Waals surface area contributed by atoms with Gasteiger partial charge in [0.2, 0.25) is 0 Å². The Labute approximate surface area is 119 Å². The van der Waals surface area contributed by atoms with Crippen molar-refractivity contribution in [3.05, 3.63) is 29.3 Å². The normalized spacial score (nSPS) is 10.0. The number of esters is 1. The molecule has 1 rings (SSSR count). The molecule has 0 spiro atoms. The van der Waals surface area contributed by atoms with Gasteiger partial charge in [-0.25, -0.2) is 0 Å². The molecule has 110 valence electrons. The topological polar surface area (TPSA) is 55.8 Å². The standard InChI is InChI=1S/C15H21NO4/c1-5-16(9-8-14(17)20-4)15(18)12-10-11(2)6-7-13(12)19-3/h6-7,10H,5,8-9H2,1-4H3. The highest BCUT2D eigenvalue weighted by molar-refractivity contribution is 5.97. The number of carbonyl (C=O) groups excluding carboxylic acids is 2. The van der Waals surface area contributed by atoms with Crippen molar-refractivity contribution in [1.82, 2.24) is 4.90 Å². The fraction of sp³-hybridized carbons (Fsp3) is 0.467. The molecule has 0 aliphatic carbocycles. The van der Waals surface area contributed by atoms with Gasteiger partial charge >= 0.3 is 5.97 Å². The molecule has 0 saturated carbocycles. The van der Waals surface area contributed by atoms with Crippen LogP contribution in [0, 0.1) is 6.92 Å². The smallest absolute Gasteiger partial charge is 0.307 e. The number of carbonyl (C=O) groups is 2. The SMILES string of the molecule is CCN(CCC(=O)OC)C(=O)c1cc(C)ccc1OC. The summed E-state index contributed by atoms with van der Waals surface area (Å²) in [6.45, 7) is 4.64. The maximum absolute atomic E-state index is 12.5. The fourth-order valence-electron chi connectivity index (χ4n) is 1.89. The summed E-state index contributed by atoms with van der Waals surface area (Å²) in [7, 11) is 2.87. The minimum absolute atomic E-state index is 0.142. The van der Waals surface area contributed by atoms with Gasteiger partial charge in [-0.1, -0.05) is 11.6 Å². The van der Waals surface area contributed by atoms with Crippen molar-refractivity contribution in [2.75, 3.05) is 27.3 Å². The fourth-order valence-corrected chi connectivity index (χ4v) is 1.89. The number of benzene rings is 1. The molecule has 0 aliphatic heterocycles. The van der Waals surface area contributed by atoms with E-state index in [1.165, 1.54) is 14.2 Å². The summed E-state index contributed by atoms with van der Waals surface area (Å²) in [5, 5.41) is 0. The number of amides is 1. The number of rotatable bonds is 6. The first-order valence-corrected chi connectivity index (χ1v) is 6.54. The van der Waals surface area contributed by atoms with Gasteiger partial charge in [-0.2, -0.15) is 0 Å². The van der Waals surface area contributed by atoms with Gasteiger partial charge < -0.3 is 14.4 Å². The minimum Gasteiger partial charge on any atom is -0.496 e. The predicted molar refractivity (Wildman–Crippen MR) is 75.9 cm³/mol. The molecule has 1 amide bonds. The molecule has 0 saturated heterocycles. The zero-order valence-corrected chi connectivity index (χ0v) is 12.4. The van der Waals surface area contributed by atoms with Crippen LogP contribution in [-0.2, 0) is 9.53 Å². The molecule has 0 unspecified atom stereocenters. The number of hydrogen-bond donors (Lipinski definition) is 0. The van der Waals surface area contributed by atoms with E-state index >= 15 is 0 Å². The third-order valence-electron chi connectivity index (χ3n) is 3.07. The van der Waals surface area contributed by atoms with Crippen molar-refractivity contribution >= 4 is 11.9 Å². The van der Waals surface area contributed by atoms with Crippen LogP contribution in [0.4, 0.5) is 0 Å². The molecule has 1 aromatic carbocycles. The van der Waals surface area contributed by atoms with Crippen molar-refractivity contribution in [2.45, 2.75) is 20.3 Å². The van der Waals surface area contributed by atoms with Crippen LogP contribution in [0.25, 0.3) is 0 Å². The quantitative estimate of drug-likeness (QED) is 0.748. The number of aryl methyl sites for hydroxylation is 1. The average molecular weight is 279 g/mol. The van der Waals surface area contributed by atoms with E-state index in [2.05, 4.69) is 4.74 Å². The molecule has 0 aliphatic rings. The van der Waals surface area contributed by atoms with Crippen LogP contribution in [0.15, 0.2) is 18.2 Å². The lowest BCUT2D eigenvalue weighted by Gasteiger charge is -2.21. The zero-order chi connectivity index (χ0) is 15.1. The van der Waals surface area contributed by atoms with E-state index in [4.69, 9.17) is 4.74 Å². The van der Waals surface area contributed by atoms with Crippen LogP contribution < -0.4 is 4.74 Å². The summed E-state index contributed by atoms with van der Waals surface area (Å²) >= 11 is 0. The lowest BCUT2D eigenvalue weighted by molar-refractivity contribution is -0.140. The van der Waals surface area contributed by atoms with Gasteiger partial charge in [-0.15, -0.1) is 0 Å². The Hall–Kier alpha value is -2.04. The molecule has 0 fully saturated rings. The van der Waals surface area contributed by atoms with Crippen LogP contribution in [-0.4, -0.2) is 44.1 Å². The highest BCUT2D eigenvalue weighted by Crippen LogP contribution is 2.21. The van der Waals surface area contributed by atoms with Gasteiger partial charge in [0.15, 0.2) is 0 Å². The molecule has 0 bridgehead atoms. The second kappa shape index (κ2) is 7.53. The molecule has 0 N–H and O–H groups in total. The van der Waals surface area contributed by atoms with Crippen LogP contribution >= 0.6 is 0 Å². The van der Waals surface area contributed by atoms with E-state index in [-0.39, 0.29) is 18.3 Å². The van der Waals surface area contributed by atoms with Gasteiger partial charge in [-0.3, -0.25) is 9.59 Å². The third kappa shape index (κ3) is 3.98. The Kier molecular flexibility index (Phi) is 6.03. The molecule has 1 aromatic rings. The highest BCUT2D eigenvalue weighted by atomic mass is 16.5. The number of hydrogen-bond acceptors (Lipinski definition) is 4. The van der Waals surface area contributed by atoms with Gasteiger partial charge in [0.1, 0.15) is 5.75 Å². The predicted octanol–water partition coefficient (Wildman–Crippen LogP) is 2.03. The Morgan fingerprint density at radius 2 is 1.95 bits per heavy atom. The highest BCUT2D eigenvalue weighted by Gasteiger charge is 2.19. The second-order valence-electron chi connectivity index (χ2n) is 4.41. The van der Waals surface area contributed by atoms with Crippen molar-refractivity contribution in [3.8, 4) is 5.75 Å². The molecule has 0 atom stereocenters. The van der Waals surface area contributed by atoms with E-state index in [1.807, 2.05) is 19.9 Å². The summed E-state index contributed by atoms with van der Waals surface area (Å²) in [5.41, 5.74) is 1.50. The minimum atomic E-state index is -0.326.